The third-order valence-electron chi connectivity index (χ3n) is 6.89. The number of fused-ring (bicyclic) bond motifs is 4. The van der Waals surface area contributed by atoms with Crippen molar-refractivity contribution in [3.05, 3.63) is 93.0 Å². The molecule has 1 unspecified atom stereocenters. The van der Waals surface area contributed by atoms with Crippen LogP contribution in [0.2, 0.25) is 0 Å². The van der Waals surface area contributed by atoms with Crippen molar-refractivity contribution in [3.8, 4) is 28.7 Å². The lowest BCUT2D eigenvalue weighted by atomic mass is 9.85. The van der Waals surface area contributed by atoms with E-state index in [1.807, 2.05) is 0 Å². The zero-order valence-electron chi connectivity index (χ0n) is 21.2. The second kappa shape index (κ2) is 9.36. The van der Waals surface area contributed by atoms with E-state index in [9.17, 15) is 14.4 Å². The van der Waals surface area contributed by atoms with Crippen molar-refractivity contribution in [1.29, 1.82) is 0 Å². The first kappa shape index (κ1) is 24.3. The molecule has 1 atom stereocenters. The zero-order valence-corrected chi connectivity index (χ0v) is 21.2. The van der Waals surface area contributed by atoms with E-state index in [2.05, 4.69) is 0 Å². The highest BCUT2D eigenvalue weighted by Crippen LogP contribution is 2.48. The number of benzene rings is 3. The molecule has 39 heavy (non-hydrogen) atoms. The zero-order chi connectivity index (χ0) is 27.3. The van der Waals surface area contributed by atoms with Gasteiger partial charge in [0.2, 0.25) is 5.78 Å². The monoisotopic (exact) mass is 526 g/mol. The largest absolute Gasteiger partial charge is 0.497 e. The highest BCUT2D eigenvalue weighted by Gasteiger charge is 2.39. The molecule has 3 heterocycles. The summed E-state index contributed by atoms with van der Waals surface area (Å²) in [4.78, 5) is 39.5. The van der Waals surface area contributed by atoms with Crippen molar-refractivity contribution in [2.45, 2.75) is 12.3 Å². The lowest BCUT2D eigenvalue weighted by molar-refractivity contribution is -0.135. The molecule has 0 amide bonds. The Morgan fingerprint density at radius 3 is 2.41 bits per heavy atom. The first-order chi connectivity index (χ1) is 18.9. The van der Waals surface area contributed by atoms with E-state index in [4.69, 9.17) is 28.1 Å². The number of methoxy groups -OCH3 is 3. The Balaban J connectivity index is 1.48. The van der Waals surface area contributed by atoms with Crippen LogP contribution in [0.15, 0.2) is 69.8 Å². The van der Waals surface area contributed by atoms with Gasteiger partial charge in [0.1, 0.15) is 34.3 Å². The molecular formula is C30H22O9. The lowest BCUT2D eigenvalue weighted by Crippen LogP contribution is -2.25. The number of carbonyl (C=O) groups excluding carboxylic acids is 2. The van der Waals surface area contributed by atoms with Crippen molar-refractivity contribution in [1.82, 2.24) is 0 Å². The number of hydrogen-bond acceptors (Lipinski definition) is 9. The van der Waals surface area contributed by atoms with E-state index in [0.29, 0.717) is 44.9 Å². The fraction of sp³-hybridized carbons (Fsp3) is 0.167. The van der Waals surface area contributed by atoms with Gasteiger partial charge in [-0.05, 0) is 48.5 Å². The standard InChI is InChI=1S/C30H22O9/c1-34-16-6-8-22-20(11-16)28(32)21(14-37-22)19-13-26(31)38-23-9-7-18-29(33)25(39-30(18)27(19)23)10-15-4-5-17(35-2)12-24(15)36-3/h4-12,14,19H,13H2,1-3H3. The van der Waals surface area contributed by atoms with Gasteiger partial charge in [-0.1, -0.05) is 0 Å². The number of esters is 1. The summed E-state index contributed by atoms with van der Waals surface area (Å²) in [5, 5.41) is 0.309. The fourth-order valence-corrected chi connectivity index (χ4v) is 4.94. The summed E-state index contributed by atoms with van der Waals surface area (Å²) in [6.07, 6.45) is 2.79. The average molecular weight is 526 g/mol. The lowest BCUT2D eigenvalue weighted by Gasteiger charge is -2.25. The van der Waals surface area contributed by atoms with Crippen LogP contribution in [0, 0.1) is 0 Å². The van der Waals surface area contributed by atoms with Crippen LogP contribution < -0.4 is 29.1 Å². The molecular weight excluding hydrogens is 504 g/mol. The smallest absolute Gasteiger partial charge is 0.312 e. The summed E-state index contributed by atoms with van der Waals surface area (Å²) in [6.45, 7) is 0. The molecule has 0 aliphatic carbocycles. The van der Waals surface area contributed by atoms with Crippen LogP contribution in [-0.4, -0.2) is 33.1 Å². The van der Waals surface area contributed by atoms with Gasteiger partial charge >= 0.3 is 5.97 Å². The van der Waals surface area contributed by atoms with Gasteiger partial charge in [0, 0.05) is 28.7 Å². The van der Waals surface area contributed by atoms with Gasteiger partial charge in [-0.2, -0.15) is 0 Å². The maximum absolute atomic E-state index is 13.6. The maximum Gasteiger partial charge on any atom is 0.312 e. The summed E-state index contributed by atoms with van der Waals surface area (Å²) in [5.41, 5.74) is 1.64. The molecule has 0 saturated carbocycles. The number of ether oxygens (including phenoxy) is 5. The first-order valence-electron chi connectivity index (χ1n) is 12.0. The third kappa shape index (κ3) is 3.99. The minimum absolute atomic E-state index is 0.0628. The van der Waals surface area contributed by atoms with Gasteiger partial charge in [-0.3, -0.25) is 14.4 Å². The summed E-state index contributed by atoms with van der Waals surface area (Å²) < 4.78 is 33.3. The number of hydrogen-bond donors (Lipinski definition) is 0. The van der Waals surface area contributed by atoms with Crippen molar-refractivity contribution in [2.75, 3.05) is 21.3 Å². The van der Waals surface area contributed by atoms with Crippen molar-refractivity contribution in [3.63, 3.8) is 0 Å². The minimum atomic E-state index is -0.759. The van der Waals surface area contributed by atoms with E-state index in [1.54, 1.807) is 61.7 Å². The van der Waals surface area contributed by atoms with Gasteiger partial charge in [-0.25, -0.2) is 0 Å². The molecule has 0 radical (unpaired) electrons. The number of allylic oxidation sites excluding steroid dienone is 1. The second-order valence-corrected chi connectivity index (χ2v) is 9.01. The third-order valence-corrected chi connectivity index (χ3v) is 6.89. The van der Waals surface area contributed by atoms with Gasteiger partial charge < -0.3 is 28.1 Å². The molecule has 196 valence electrons. The molecule has 3 aromatic carbocycles. The van der Waals surface area contributed by atoms with Crippen LogP contribution in [0.1, 0.15) is 39.4 Å². The highest BCUT2D eigenvalue weighted by atomic mass is 16.5. The van der Waals surface area contributed by atoms with Crippen LogP contribution in [-0.2, 0) is 4.79 Å². The number of ketones is 1. The van der Waals surface area contributed by atoms with E-state index in [0.717, 1.165) is 0 Å². The molecule has 4 aromatic rings. The quantitative estimate of drug-likeness (QED) is 0.204. The predicted molar refractivity (Wildman–Crippen MR) is 140 cm³/mol. The van der Waals surface area contributed by atoms with E-state index < -0.39 is 11.9 Å². The number of carbonyl (C=O) groups is 2. The molecule has 0 N–H and O–H groups in total. The van der Waals surface area contributed by atoms with Crippen molar-refractivity contribution in [2.24, 2.45) is 0 Å². The topological polar surface area (TPSA) is 111 Å². The molecule has 1 aromatic heterocycles. The van der Waals surface area contributed by atoms with Crippen LogP contribution in [0.3, 0.4) is 0 Å². The van der Waals surface area contributed by atoms with Gasteiger partial charge in [-0.15, -0.1) is 0 Å². The molecule has 2 aliphatic rings. The summed E-state index contributed by atoms with van der Waals surface area (Å²) in [7, 11) is 4.57. The van der Waals surface area contributed by atoms with Crippen molar-refractivity contribution >= 4 is 28.8 Å². The Morgan fingerprint density at radius 1 is 0.872 bits per heavy atom. The normalized spacial score (nSPS) is 16.9. The average Bonchev–Trinajstić information content (AvgIpc) is 3.27. The van der Waals surface area contributed by atoms with E-state index >= 15 is 0 Å². The summed E-state index contributed by atoms with van der Waals surface area (Å²) in [5.74, 6) is 0.480. The molecule has 0 bridgehead atoms. The van der Waals surface area contributed by atoms with Crippen LogP contribution in [0.25, 0.3) is 17.0 Å². The van der Waals surface area contributed by atoms with Gasteiger partial charge in [0.05, 0.1) is 45.0 Å². The number of rotatable bonds is 5. The fourth-order valence-electron chi connectivity index (χ4n) is 4.94. The Hall–Kier alpha value is -5.05. The van der Waals surface area contributed by atoms with Crippen LogP contribution >= 0.6 is 0 Å². The Labute approximate surface area is 222 Å². The molecule has 0 fully saturated rings. The summed E-state index contributed by atoms with van der Waals surface area (Å²) >= 11 is 0. The molecule has 9 heteroatoms. The van der Waals surface area contributed by atoms with Gasteiger partial charge in [0.15, 0.2) is 11.2 Å². The Kier molecular flexibility index (Phi) is 5.83. The SMILES string of the molecule is COc1ccc(C=C2Oc3c(ccc4c3C(c3coc5ccc(OC)cc5c3=O)CC(=O)O4)C2=O)c(OC)c1. The molecule has 0 spiro atoms. The molecule has 0 saturated heterocycles. The van der Waals surface area contributed by atoms with E-state index in [-0.39, 0.29) is 40.5 Å². The summed E-state index contributed by atoms with van der Waals surface area (Å²) in [6, 6.07) is 13.2. The maximum atomic E-state index is 13.6. The molecule has 6 rings (SSSR count). The van der Waals surface area contributed by atoms with Crippen LogP contribution in [0.5, 0.6) is 28.7 Å². The van der Waals surface area contributed by atoms with E-state index in [1.165, 1.54) is 20.5 Å². The Morgan fingerprint density at radius 2 is 1.64 bits per heavy atom. The first-order valence-corrected chi connectivity index (χ1v) is 12.0. The van der Waals surface area contributed by atoms with Crippen LogP contribution in [0.4, 0.5) is 0 Å². The predicted octanol–water partition coefficient (Wildman–Crippen LogP) is 4.88. The van der Waals surface area contributed by atoms with Crippen molar-refractivity contribution < 1.29 is 37.7 Å². The highest BCUT2D eigenvalue weighted by molar-refractivity contribution is 6.15. The number of Topliss-reactive ketones (excluding diaryl/α,β-unsaturated/α-hetero) is 1. The Bertz CT molecular complexity index is 1760. The minimum Gasteiger partial charge on any atom is -0.497 e. The molecule has 2 aliphatic heterocycles. The molecule has 9 nitrogen and oxygen atoms in total. The second-order valence-electron chi connectivity index (χ2n) is 9.01. The van der Waals surface area contributed by atoms with Gasteiger partial charge in [0.25, 0.3) is 0 Å².